The molecule has 0 fully saturated rings. The number of guanidine groups is 1. The van der Waals surface area contributed by atoms with Gasteiger partial charge in [-0.1, -0.05) is 41.9 Å². The summed E-state index contributed by atoms with van der Waals surface area (Å²) in [5, 5.41) is 0. The third-order valence-electron chi connectivity index (χ3n) is 3.35. The zero-order valence-electron chi connectivity index (χ0n) is 12.3. The lowest BCUT2D eigenvalue weighted by Crippen LogP contribution is -2.38. The van der Waals surface area contributed by atoms with E-state index >= 15 is 0 Å². The summed E-state index contributed by atoms with van der Waals surface area (Å²) < 4.78 is 1.10. The molecule has 0 spiro atoms. The van der Waals surface area contributed by atoms with Gasteiger partial charge in [0.25, 0.3) is 0 Å². The summed E-state index contributed by atoms with van der Waals surface area (Å²) in [7, 11) is 0. The number of nitrogens with zero attached hydrogens (tertiary/aromatic N) is 2. The van der Waals surface area contributed by atoms with Crippen LogP contribution in [0.25, 0.3) is 0 Å². The van der Waals surface area contributed by atoms with Crippen molar-refractivity contribution in [2.75, 3.05) is 19.6 Å². The molecule has 0 aliphatic rings. The SMILES string of the molecule is CCN(CC)C(N)=NCC(C)(C)c1ccc(Br)cc1. The maximum Gasteiger partial charge on any atom is 0.191 e. The average molecular weight is 326 g/mol. The normalized spacial score (nSPS) is 12.6. The van der Waals surface area contributed by atoms with E-state index in [-0.39, 0.29) is 5.41 Å². The highest BCUT2D eigenvalue weighted by atomic mass is 79.9. The monoisotopic (exact) mass is 325 g/mol. The molecule has 106 valence electrons. The predicted molar refractivity (Wildman–Crippen MR) is 86.6 cm³/mol. The van der Waals surface area contributed by atoms with Crippen molar-refractivity contribution in [3.8, 4) is 0 Å². The quantitative estimate of drug-likeness (QED) is 0.666. The molecule has 0 aliphatic heterocycles. The van der Waals surface area contributed by atoms with Gasteiger partial charge in [-0.15, -0.1) is 0 Å². The number of hydrogen-bond donors (Lipinski definition) is 1. The molecular formula is C15H24BrN3. The molecule has 4 heteroatoms. The van der Waals surface area contributed by atoms with Crippen molar-refractivity contribution in [1.82, 2.24) is 4.90 Å². The molecule has 1 aromatic rings. The van der Waals surface area contributed by atoms with E-state index < -0.39 is 0 Å². The maximum atomic E-state index is 6.02. The third-order valence-corrected chi connectivity index (χ3v) is 3.88. The summed E-state index contributed by atoms with van der Waals surface area (Å²) in [6, 6.07) is 8.39. The number of nitrogens with two attached hydrogens (primary N) is 1. The zero-order chi connectivity index (χ0) is 14.5. The summed E-state index contributed by atoms with van der Waals surface area (Å²) in [5.74, 6) is 0.634. The van der Waals surface area contributed by atoms with Crippen LogP contribution in [-0.2, 0) is 5.41 Å². The Kier molecular flexibility index (Phi) is 5.85. The summed E-state index contributed by atoms with van der Waals surface area (Å²) in [6.07, 6.45) is 0. The molecule has 19 heavy (non-hydrogen) atoms. The number of hydrogen-bond acceptors (Lipinski definition) is 1. The molecule has 0 aromatic heterocycles. The van der Waals surface area contributed by atoms with E-state index in [0.29, 0.717) is 12.5 Å². The highest BCUT2D eigenvalue weighted by molar-refractivity contribution is 9.10. The van der Waals surface area contributed by atoms with E-state index in [4.69, 9.17) is 5.73 Å². The van der Waals surface area contributed by atoms with Gasteiger partial charge in [0.15, 0.2) is 5.96 Å². The molecule has 1 aromatic carbocycles. The fraction of sp³-hybridized carbons (Fsp3) is 0.533. The molecule has 0 atom stereocenters. The van der Waals surface area contributed by atoms with Crippen molar-refractivity contribution in [3.05, 3.63) is 34.3 Å². The second-order valence-electron chi connectivity index (χ2n) is 5.24. The van der Waals surface area contributed by atoms with Crippen LogP contribution in [0.15, 0.2) is 33.7 Å². The fourth-order valence-corrected chi connectivity index (χ4v) is 2.18. The highest BCUT2D eigenvalue weighted by Gasteiger charge is 2.20. The van der Waals surface area contributed by atoms with Crippen molar-refractivity contribution < 1.29 is 0 Å². The maximum absolute atomic E-state index is 6.02. The van der Waals surface area contributed by atoms with Crippen molar-refractivity contribution >= 4 is 21.9 Å². The number of benzene rings is 1. The van der Waals surface area contributed by atoms with Crippen molar-refractivity contribution in [3.63, 3.8) is 0 Å². The first-order chi connectivity index (χ1) is 8.90. The van der Waals surface area contributed by atoms with Crippen molar-refractivity contribution in [1.29, 1.82) is 0 Å². The molecule has 2 N–H and O–H groups in total. The molecule has 1 rings (SSSR count). The Hall–Kier alpha value is -1.03. The Balaban J connectivity index is 2.79. The van der Waals surface area contributed by atoms with E-state index in [1.165, 1.54) is 5.56 Å². The zero-order valence-corrected chi connectivity index (χ0v) is 13.9. The summed E-state index contributed by atoms with van der Waals surface area (Å²) >= 11 is 3.46. The van der Waals surface area contributed by atoms with Gasteiger partial charge >= 0.3 is 0 Å². The van der Waals surface area contributed by atoms with Gasteiger partial charge in [-0.3, -0.25) is 4.99 Å². The minimum Gasteiger partial charge on any atom is -0.370 e. The molecule has 0 unspecified atom stereocenters. The van der Waals surface area contributed by atoms with Crippen LogP contribution >= 0.6 is 15.9 Å². The Morgan fingerprint density at radius 2 is 1.74 bits per heavy atom. The average Bonchev–Trinajstić information content (AvgIpc) is 2.38. The molecule has 0 amide bonds. The smallest absolute Gasteiger partial charge is 0.191 e. The second-order valence-corrected chi connectivity index (χ2v) is 6.15. The van der Waals surface area contributed by atoms with Crippen LogP contribution in [0.5, 0.6) is 0 Å². The topological polar surface area (TPSA) is 41.6 Å². The lowest BCUT2D eigenvalue weighted by atomic mass is 9.85. The van der Waals surface area contributed by atoms with Crippen LogP contribution in [0, 0.1) is 0 Å². The lowest BCUT2D eigenvalue weighted by Gasteiger charge is -2.25. The minimum atomic E-state index is -0.0154. The Labute approximate surface area is 125 Å². The Bertz CT molecular complexity index is 420. The molecule has 0 bridgehead atoms. The highest BCUT2D eigenvalue weighted by Crippen LogP contribution is 2.25. The van der Waals surface area contributed by atoms with Crippen molar-refractivity contribution in [2.24, 2.45) is 10.7 Å². The van der Waals surface area contributed by atoms with Crippen LogP contribution in [0.2, 0.25) is 0 Å². The standard InChI is InChI=1S/C15H24BrN3/c1-5-19(6-2)14(17)18-11-15(3,4)12-7-9-13(16)10-8-12/h7-10H,5-6,11H2,1-4H3,(H2,17,18). The molecule has 0 heterocycles. The van der Waals surface area contributed by atoms with E-state index in [1.54, 1.807) is 0 Å². The largest absolute Gasteiger partial charge is 0.370 e. The minimum absolute atomic E-state index is 0.0154. The molecule has 0 saturated carbocycles. The van der Waals surface area contributed by atoms with Crippen LogP contribution in [0.1, 0.15) is 33.3 Å². The third kappa shape index (κ3) is 4.53. The number of rotatable bonds is 5. The molecule has 0 radical (unpaired) electrons. The van der Waals surface area contributed by atoms with Gasteiger partial charge in [0.05, 0.1) is 6.54 Å². The van der Waals surface area contributed by atoms with Crippen LogP contribution in [-0.4, -0.2) is 30.5 Å². The van der Waals surface area contributed by atoms with E-state index in [0.717, 1.165) is 17.6 Å². The number of halogens is 1. The number of aliphatic imine (C=N–C) groups is 1. The van der Waals surface area contributed by atoms with Crippen molar-refractivity contribution in [2.45, 2.75) is 33.1 Å². The Morgan fingerprint density at radius 3 is 2.21 bits per heavy atom. The first-order valence-electron chi connectivity index (χ1n) is 6.71. The molecule has 0 aliphatic carbocycles. The van der Waals surface area contributed by atoms with Gasteiger partial charge in [-0.25, -0.2) is 0 Å². The summed E-state index contributed by atoms with van der Waals surface area (Å²) in [6.45, 7) is 11.0. The second kappa shape index (κ2) is 6.94. The van der Waals surface area contributed by atoms with Gasteiger partial charge < -0.3 is 10.6 Å². The molecular weight excluding hydrogens is 302 g/mol. The lowest BCUT2D eigenvalue weighted by molar-refractivity contribution is 0.451. The van der Waals surface area contributed by atoms with Crippen LogP contribution in [0.4, 0.5) is 0 Å². The first-order valence-corrected chi connectivity index (χ1v) is 7.51. The predicted octanol–water partition coefficient (Wildman–Crippen LogP) is 3.38. The summed E-state index contributed by atoms with van der Waals surface area (Å²) in [4.78, 5) is 6.61. The van der Waals surface area contributed by atoms with Gasteiger partial charge in [0, 0.05) is 23.0 Å². The Morgan fingerprint density at radius 1 is 1.21 bits per heavy atom. The van der Waals surface area contributed by atoms with Gasteiger partial charge in [-0.05, 0) is 31.5 Å². The van der Waals surface area contributed by atoms with E-state index in [1.807, 2.05) is 0 Å². The molecule has 0 saturated heterocycles. The van der Waals surface area contributed by atoms with E-state index in [9.17, 15) is 0 Å². The van der Waals surface area contributed by atoms with Gasteiger partial charge in [0.1, 0.15) is 0 Å². The van der Waals surface area contributed by atoms with Crippen LogP contribution < -0.4 is 5.73 Å². The molecule has 3 nitrogen and oxygen atoms in total. The van der Waals surface area contributed by atoms with Gasteiger partial charge in [0.2, 0.25) is 0 Å². The van der Waals surface area contributed by atoms with Crippen LogP contribution in [0.3, 0.4) is 0 Å². The summed E-state index contributed by atoms with van der Waals surface area (Å²) in [5.41, 5.74) is 7.27. The van der Waals surface area contributed by atoms with Gasteiger partial charge in [-0.2, -0.15) is 0 Å². The fourth-order valence-electron chi connectivity index (χ4n) is 1.92. The van der Waals surface area contributed by atoms with E-state index in [2.05, 4.69) is 77.8 Å². The first kappa shape index (κ1) is 16.0.